The van der Waals surface area contributed by atoms with Crippen molar-refractivity contribution in [1.82, 2.24) is 26.6 Å². The molecule has 8 aliphatic rings. The van der Waals surface area contributed by atoms with Crippen molar-refractivity contribution < 1.29 is 38.4 Å². The monoisotopic (exact) mass is 698 g/mol. The Morgan fingerprint density at radius 1 is 0.680 bits per heavy atom. The molecule has 6 atom stereocenters. The van der Waals surface area contributed by atoms with Gasteiger partial charge < -0.3 is 32.3 Å². The van der Waals surface area contributed by atoms with Crippen LogP contribution >= 0.6 is 0 Å². The van der Waals surface area contributed by atoms with Gasteiger partial charge in [0.25, 0.3) is 0 Å². The first-order chi connectivity index (χ1) is 23.6. The Hall–Kier alpha value is -3.80. The molecule has 8 bridgehead atoms. The van der Waals surface area contributed by atoms with E-state index in [9.17, 15) is 28.8 Å². The van der Waals surface area contributed by atoms with Gasteiger partial charge >= 0.3 is 6.15 Å². The molecule has 7 N–H and O–H groups in total. The minimum Gasteiger partial charge on any atom is -0.369 e. The minimum atomic E-state index is -0.796. The van der Waals surface area contributed by atoms with E-state index in [4.69, 9.17) is 15.3 Å². The summed E-state index contributed by atoms with van der Waals surface area (Å²) in [5.74, 6) is 0.558. The number of primary amides is 1. The Bertz CT molecular complexity index is 1360. The highest BCUT2D eigenvalue weighted by atomic mass is 16.2. The van der Waals surface area contributed by atoms with Gasteiger partial charge in [-0.3, -0.25) is 28.8 Å². The van der Waals surface area contributed by atoms with Gasteiger partial charge in [-0.2, -0.15) is 9.59 Å². The van der Waals surface area contributed by atoms with Gasteiger partial charge in [0.2, 0.25) is 35.4 Å². The highest BCUT2D eigenvalue weighted by Crippen LogP contribution is 2.62. The maximum Gasteiger partial charge on any atom is 0.373 e. The number of nitrogens with one attached hydrogen (secondary N) is 5. The van der Waals surface area contributed by atoms with Crippen LogP contribution in [0.25, 0.3) is 0 Å². The minimum absolute atomic E-state index is 0.0454. The molecule has 3 unspecified atom stereocenters. The lowest BCUT2D eigenvalue weighted by molar-refractivity contribution is -0.191. The molecule has 8 aliphatic carbocycles. The molecule has 0 aromatic heterocycles. The number of nitrogens with two attached hydrogens (primary N) is 1. The molecule has 8 saturated carbocycles. The molecule has 276 valence electrons. The fraction of sp³-hybridized carbons (Fsp3) is 0.806. The first kappa shape index (κ1) is 37.5. The van der Waals surface area contributed by atoms with Gasteiger partial charge in [0.1, 0.15) is 12.1 Å². The van der Waals surface area contributed by atoms with Crippen molar-refractivity contribution in [3.8, 4) is 0 Å². The molecular formula is C36H54N6O8. The Kier molecular flexibility index (Phi) is 11.1. The van der Waals surface area contributed by atoms with E-state index in [1.165, 1.54) is 19.3 Å². The van der Waals surface area contributed by atoms with Crippen LogP contribution in [0.2, 0.25) is 0 Å². The first-order valence-corrected chi connectivity index (χ1v) is 18.3. The fourth-order valence-corrected chi connectivity index (χ4v) is 11.4. The largest absolute Gasteiger partial charge is 0.373 e. The predicted octanol–water partition coefficient (Wildman–Crippen LogP) is 0.828. The van der Waals surface area contributed by atoms with Crippen LogP contribution in [0.15, 0.2) is 0 Å². The van der Waals surface area contributed by atoms with E-state index in [2.05, 4.69) is 26.6 Å². The molecule has 14 nitrogen and oxygen atoms in total. The zero-order valence-corrected chi connectivity index (χ0v) is 29.6. The quantitative estimate of drug-likeness (QED) is 0.161. The molecule has 14 heteroatoms. The third-order valence-corrected chi connectivity index (χ3v) is 12.5. The van der Waals surface area contributed by atoms with Gasteiger partial charge in [-0.05, 0) is 126 Å². The zero-order valence-electron chi connectivity index (χ0n) is 29.6. The second kappa shape index (κ2) is 14.8. The molecule has 0 aromatic rings. The Labute approximate surface area is 293 Å². The second-order valence-corrected chi connectivity index (χ2v) is 17.1. The van der Waals surface area contributed by atoms with E-state index in [1.807, 2.05) is 13.8 Å². The van der Waals surface area contributed by atoms with Crippen LogP contribution in [0, 0.1) is 46.3 Å². The lowest BCUT2D eigenvalue weighted by atomic mass is 9.46. The lowest BCUT2D eigenvalue weighted by Crippen LogP contribution is -2.67. The number of amides is 6. The standard InChI is InChI=1S/C35H54N6O6.CO2/c1-19(2)4-26(30(45)41-35-14-24-8-25(15-35)13-34(12-24,18-35)31(36)46)40-28(43)17-37-27(42)16-38-29(44)20(3)39-32(47)33-9-21-5-22(10-33)7-23(6-21)11-33;2-1-3/h19-26H,4-18H2,1-3H3,(H2,36,46)(H,37,42)(H,38,44)(H,39,47)(H,40,43)(H,41,45);/t20-,21?,22?,23?,24-,25?,26-,33?,34?,35?;/m0./s1. The van der Waals surface area contributed by atoms with Gasteiger partial charge in [0.05, 0.1) is 18.5 Å². The van der Waals surface area contributed by atoms with E-state index in [0.29, 0.717) is 42.4 Å². The molecule has 50 heavy (non-hydrogen) atoms. The van der Waals surface area contributed by atoms with Crippen LogP contribution in [0.4, 0.5) is 0 Å². The topological polar surface area (TPSA) is 223 Å². The number of rotatable bonds is 13. The molecule has 0 aliphatic heterocycles. The third-order valence-electron chi connectivity index (χ3n) is 12.5. The molecular weight excluding hydrogens is 644 g/mol. The van der Waals surface area contributed by atoms with Crippen LogP contribution in [0.1, 0.15) is 104 Å². The van der Waals surface area contributed by atoms with E-state index < -0.39 is 40.8 Å². The number of carbonyl (C=O) groups is 6. The molecule has 6 amide bonds. The average molecular weight is 699 g/mol. The van der Waals surface area contributed by atoms with Gasteiger partial charge in [0.15, 0.2) is 0 Å². The Morgan fingerprint density at radius 3 is 1.70 bits per heavy atom. The van der Waals surface area contributed by atoms with Gasteiger partial charge in [-0.15, -0.1) is 0 Å². The molecule has 0 spiro atoms. The van der Waals surface area contributed by atoms with Crippen molar-refractivity contribution in [1.29, 1.82) is 0 Å². The summed E-state index contributed by atoms with van der Waals surface area (Å²) < 4.78 is 0. The van der Waals surface area contributed by atoms with Gasteiger partial charge in [0, 0.05) is 11.0 Å². The van der Waals surface area contributed by atoms with Crippen molar-refractivity contribution in [3.05, 3.63) is 0 Å². The summed E-state index contributed by atoms with van der Waals surface area (Å²) in [6.07, 6.45) is 11.9. The van der Waals surface area contributed by atoms with Crippen molar-refractivity contribution in [2.75, 3.05) is 13.1 Å². The molecule has 0 aromatic carbocycles. The summed E-state index contributed by atoms with van der Waals surface area (Å²) in [5, 5.41) is 14.0. The Balaban J connectivity index is 0.00000156. The van der Waals surface area contributed by atoms with Crippen LogP contribution in [0.5, 0.6) is 0 Å². The summed E-state index contributed by atoms with van der Waals surface area (Å²) in [4.78, 5) is 93.7. The predicted molar refractivity (Wildman–Crippen MR) is 178 cm³/mol. The molecule has 0 saturated heterocycles. The summed E-state index contributed by atoms with van der Waals surface area (Å²) in [6.45, 7) is 4.86. The zero-order chi connectivity index (χ0) is 36.4. The fourth-order valence-electron chi connectivity index (χ4n) is 11.4. The molecule has 8 fully saturated rings. The van der Waals surface area contributed by atoms with Crippen LogP contribution in [-0.4, -0.2) is 72.3 Å². The maximum absolute atomic E-state index is 13.6. The number of hydrogen-bond acceptors (Lipinski definition) is 8. The van der Waals surface area contributed by atoms with Gasteiger partial charge in [-0.25, -0.2) is 0 Å². The third kappa shape index (κ3) is 8.22. The van der Waals surface area contributed by atoms with E-state index in [-0.39, 0.29) is 48.3 Å². The van der Waals surface area contributed by atoms with E-state index >= 15 is 0 Å². The second-order valence-electron chi connectivity index (χ2n) is 17.1. The van der Waals surface area contributed by atoms with Gasteiger partial charge in [-0.1, -0.05) is 13.8 Å². The highest BCUT2D eigenvalue weighted by molar-refractivity contribution is 5.93. The SMILES string of the molecule is CC(C)C[C@H](NC(=O)CNC(=O)CNC(=O)[C@H](C)NC(=O)C12CC3CC(CC(C3)C1)C2)C(=O)NC12CC3C[C@H](C1)CC(C(N)=O)(C3)C2.O=C=O. The van der Waals surface area contributed by atoms with Crippen molar-refractivity contribution in [2.45, 2.75) is 122 Å². The van der Waals surface area contributed by atoms with E-state index in [1.54, 1.807) is 6.92 Å². The van der Waals surface area contributed by atoms with Crippen LogP contribution < -0.4 is 32.3 Å². The molecule has 0 heterocycles. The van der Waals surface area contributed by atoms with Crippen molar-refractivity contribution in [2.24, 2.45) is 52.1 Å². The lowest BCUT2D eigenvalue weighted by Gasteiger charge is -2.61. The molecule has 8 rings (SSSR count). The summed E-state index contributed by atoms with van der Waals surface area (Å²) >= 11 is 0. The average Bonchev–Trinajstić information content (AvgIpc) is 3.01. The molecule has 0 radical (unpaired) electrons. The number of hydrogen-bond donors (Lipinski definition) is 6. The smallest absolute Gasteiger partial charge is 0.369 e. The normalized spacial score (nSPS) is 35.1. The Morgan fingerprint density at radius 2 is 1.18 bits per heavy atom. The summed E-state index contributed by atoms with van der Waals surface area (Å²) in [7, 11) is 0. The van der Waals surface area contributed by atoms with Crippen molar-refractivity contribution >= 4 is 41.6 Å². The van der Waals surface area contributed by atoms with Crippen LogP contribution in [0.3, 0.4) is 0 Å². The summed E-state index contributed by atoms with van der Waals surface area (Å²) in [6, 6.07) is -1.58. The highest BCUT2D eigenvalue weighted by Gasteiger charge is 2.61. The van der Waals surface area contributed by atoms with Crippen LogP contribution in [-0.2, 0) is 38.4 Å². The summed E-state index contributed by atoms with van der Waals surface area (Å²) in [5.41, 5.74) is 4.45. The van der Waals surface area contributed by atoms with Crippen molar-refractivity contribution in [3.63, 3.8) is 0 Å². The van der Waals surface area contributed by atoms with E-state index in [0.717, 1.165) is 51.4 Å². The maximum atomic E-state index is 13.6. The first-order valence-electron chi connectivity index (χ1n) is 18.3. The number of carbonyl (C=O) groups excluding carboxylic acids is 8.